The molecule has 0 spiro atoms. The molecule has 0 saturated heterocycles. The molecule has 0 radical (unpaired) electrons. The molecule has 2 aromatic rings. The van der Waals surface area contributed by atoms with E-state index < -0.39 is 0 Å². The van der Waals surface area contributed by atoms with Crippen LogP contribution in [0.25, 0.3) is 0 Å². The lowest BCUT2D eigenvalue weighted by Crippen LogP contribution is -1.95. The van der Waals surface area contributed by atoms with Crippen LogP contribution >= 0.6 is 11.6 Å². The molecular weight excluding hydrogens is 234 g/mol. The maximum Gasteiger partial charge on any atom is 0.137 e. The van der Waals surface area contributed by atoms with Crippen molar-refractivity contribution in [2.75, 3.05) is 0 Å². The summed E-state index contributed by atoms with van der Waals surface area (Å²) in [5.41, 5.74) is 3.91. The van der Waals surface area contributed by atoms with Crippen molar-refractivity contribution >= 4 is 22.5 Å². The van der Waals surface area contributed by atoms with Crippen LogP contribution in [0.5, 0.6) is 5.75 Å². The fraction of sp³-hybridized carbons (Fsp3) is 0.0714. The summed E-state index contributed by atoms with van der Waals surface area (Å²) < 4.78 is 0. The van der Waals surface area contributed by atoms with Gasteiger partial charge in [-0.2, -0.15) is 0 Å². The van der Waals surface area contributed by atoms with Crippen LogP contribution in [0.1, 0.15) is 16.7 Å². The highest BCUT2D eigenvalue weighted by molar-refractivity contribution is 6.70. The lowest BCUT2D eigenvalue weighted by Gasteiger charge is -2.05. The molecule has 0 amide bonds. The zero-order chi connectivity index (χ0) is 11.8. The highest BCUT2D eigenvalue weighted by Crippen LogP contribution is 2.31. The molecule has 1 aliphatic rings. The Morgan fingerprint density at radius 1 is 1.06 bits per heavy atom. The first-order valence-electron chi connectivity index (χ1n) is 5.38. The third-order valence-electron chi connectivity index (χ3n) is 2.90. The summed E-state index contributed by atoms with van der Waals surface area (Å²) in [5, 5.41) is 10.0. The second-order valence-electron chi connectivity index (χ2n) is 4.05. The Balaban J connectivity index is 2.24. The van der Waals surface area contributed by atoms with Gasteiger partial charge in [-0.15, -0.1) is 0 Å². The third kappa shape index (κ3) is 1.81. The van der Waals surface area contributed by atoms with E-state index in [1.165, 1.54) is 0 Å². The van der Waals surface area contributed by atoms with E-state index in [0.717, 1.165) is 28.8 Å². The SMILES string of the molecule is Oc1ccc2c(c1)Cc1ccccc1C(Cl)=N2. The van der Waals surface area contributed by atoms with Crippen molar-refractivity contribution in [2.24, 2.45) is 4.99 Å². The Kier molecular flexibility index (Phi) is 2.37. The normalized spacial score (nSPS) is 13.4. The molecule has 1 aliphatic heterocycles. The Morgan fingerprint density at radius 2 is 1.88 bits per heavy atom. The lowest BCUT2D eigenvalue weighted by atomic mass is 10.0. The molecule has 2 aromatic carbocycles. The molecule has 0 fully saturated rings. The monoisotopic (exact) mass is 243 g/mol. The van der Waals surface area contributed by atoms with Crippen molar-refractivity contribution in [3.63, 3.8) is 0 Å². The third-order valence-corrected chi connectivity index (χ3v) is 3.19. The van der Waals surface area contributed by atoms with Gasteiger partial charge >= 0.3 is 0 Å². The van der Waals surface area contributed by atoms with Crippen LogP contribution in [-0.2, 0) is 6.42 Å². The quantitative estimate of drug-likeness (QED) is 0.753. The molecule has 84 valence electrons. The molecule has 3 heteroatoms. The first-order valence-corrected chi connectivity index (χ1v) is 5.76. The Labute approximate surface area is 104 Å². The number of rotatable bonds is 0. The van der Waals surface area contributed by atoms with E-state index in [-0.39, 0.29) is 5.75 Å². The molecule has 17 heavy (non-hydrogen) atoms. The zero-order valence-corrected chi connectivity index (χ0v) is 9.78. The van der Waals surface area contributed by atoms with Gasteiger partial charge in [0.1, 0.15) is 10.9 Å². The number of hydrogen-bond acceptors (Lipinski definition) is 2. The van der Waals surface area contributed by atoms with E-state index in [1.807, 2.05) is 24.3 Å². The van der Waals surface area contributed by atoms with Crippen LogP contribution in [0.3, 0.4) is 0 Å². The predicted octanol–water partition coefficient (Wildman–Crippen LogP) is 3.61. The van der Waals surface area contributed by atoms with E-state index in [1.54, 1.807) is 18.2 Å². The number of aromatic hydroxyl groups is 1. The van der Waals surface area contributed by atoms with Crippen LogP contribution in [0.2, 0.25) is 0 Å². The molecule has 1 N–H and O–H groups in total. The van der Waals surface area contributed by atoms with Gasteiger partial charge < -0.3 is 5.11 Å². The fourth-order valence-corrected chi connectivity index (χ4v) is 2.34. The number of aliphatic imine (C=N–C) groups is 1. The van der Waals surface area contributed by atoms with E-state index >= 15 is 0 Å². The molecule has 0 bridgehead atoms. The van der Waals surface area contributed by atoms with Gasteiger partial charge in [0.05, 0.1) is 5.69 Å². The number of hydrogen-bond donors (Lipinski definition) is 1. The molecule has 0 saturated carbocycles. The number of phenols is 1. The van der Waals surface area contributed by atoms with Gasteiger partial charge in [0, 0.05) is 12.0 Å². The highest BCUT2D eigenvalue weighted by atomic mass is 35.5. The molecule has 0 aromatic heterocycles. The van der Waals surface area contributed by atoms with E-state index in [2.05, 4.69) is 4.99 Å². The fourth-order valence-electron chi connectivity index (χ4n) is 2.07. The van der Waals surface area contributed by atoms with Crippen molar-refractivity contribution in [1.82, 2.24) is 0 Å². The standard InChI is InChI=1S/C14H10ClNO/c15-14-12-4-2-1-3-9(12)7-10-8-11(17)5-6-13(10)16-14/h1-6,8,17H,7H2. The highest BCUT2D eigenvalue weighted by Gasteiger charge is 2.14. The minimum Gasteiger partial charge on any atom is -0.508 e. The molecular formula is C14H10ClNO. The van der Waals surface area contributed by atoms with Crippen LogP contribution in [0.15, 0.2) is 47.5 Å². The summed E-state index contributed by atoms with van der Waals surface area (Å²) in [7, 11) is 0. The minimum atomic E-state index is 0.259. The first kappa shape index (κ1) is 10.4. The average molecular weight is 244 g/mol. The summed E-state index contributed by atoms with van der Waals surface area (Å²) in [4.78, 5) is 4.39. The summed E-state index contributed by atoms with van der Waals surface area (Å²) >= 11 is 6.21. The van der Waals surface area contributed by atoms with Crippen molar-refractivity contribution in [2.45, 2.75) is 6.42 Å². The summed E-state index contributed by atoms with van der Waals surface area (Å²) in [6.07, 6.45) is 0.736. The van der Waals surface area contributed by atoms with E-state index in [4.69, 9.17) is 11.6 Å². The lowest BCUT2D eigenvalue weighted by molar-refractivity contribution is 0.475. The van der Waals surface area contributed by atoms with Crippen LogP contribution in [0, 0.1) is 0 Å². The molecule has 0 atom stereocenters. The van der Waals surface area contributed by atoms with E-state index in [9.17, 15) is 5.11 Å². The van der Waals surface area contributed by atoms with Crippen LogP contribution in [-0.4, -0.2) is 10.3 Å². The summed E-state index contributed by atoms with van der Waals surface area (Å²) in [6, 6.07) is 13.1. The summed E-state index contributed by atoms with van der Waals surface area (Å²) in [6.45, 7) is 0. The number of nitrogens with zero attached hydrogens (tertiary/aromatic N) is 1. The second kappa shape index (κ2) is 3.90. The first-order chi connectivity index (χ1) is 8.24. The van der Waals surface area contributed by atoms with Crippen molar-refractivity contribution in [3.05, 3.63) is 59.2 Å². The number of fused-ring (bicyclic) bond motifs is 2. The largest absolute Gasteiger partial charge is 0.508 e. The van der Waals surface area contributed by atoms with Gasteiger partial charge in [-0.1, -0.05) is 35.9 Å². The molecule has 1 heterocycles. The number of halogens is 1. The smallest absolute Gasteiger partial charge is 0.137 e. The van der Waals surface area contributed by atoms with Gasteiger partial charge in [-0.25, -0.2) is 4.99 Å². The Morgan fingerprint density at radius 3 is 2.76 bits per heavy atom. The van der Waals surface area contributed by atoms with Crippen molar-refractivity contribution < 1.29 is 5.11 Å². The van der Waals surface area contributed by atoms with Crippen molar-refractivity contribution in [3.8, 4) is 5.75 Å². The van der Waals surface area contributed by atoms with Crippen molar-refractivity contribution in [1.29, 1.82) is 0 Å². The molecule has 2 nitrogen and oxygen atoms in total. The zero-order valence-electron chi connectivity index (χ0n) is 9.02. The van der Waals surface area contributed by atoms with Gasteiger partial charge in [-0.05, 0) is 29.3 Å². The molecule has 0 aliphatic carbocycles. The Bertz CT molecular complexity index is 619. The number of benzene rings is 2. The topological polar surface area (TPSA) is 32.6 Å². The van der Waals surface area contributed by atoms with Gasteiger partial charge in [0.25, 0.3) is 0 Å². The van der Waals surface area contributed by atoms with Gasteiger partial charge in [-0.3, -0.25) is 0 Å². The maximum atomic E-state index is 9.51. The summed E-state index contributed by atoms with van der Waals surface area (Å²) in [5.74, 6) is 0.259. The van der Waals surface area contributed by atoms with Gasteiger partial charge in [0.15, 0.2) is 0 Å². The van der Waals surface area contributed by atoms with Crippen LogP contribution in [0.4, 0.5) is 5.69 Å². The van der Waals surface area contributed by atoms with Crippen LogP contribution < -0.4 is 0 Å². The molecule has 0 unspecified atom stereocenters. The molecule has 3 rings (SSSR count). The minimum absolute atomic E-state index is 0.259. The average Bonchev–Trinajstić information content (AvgIpc) is 2.46. The Hall–Kier alpha value is -1.80. The maximum absolute atomic E-state index is 9.51. The van der Waals surface area contributed by atoms with E-state index in [0.29, 0.717) is 5.17 Å². The van der Waals surface area contributed by atoms with Gasteiger partial charge in [0.2, 0.25) is 0 Å². The second-order valence-corrected chi connectivity index (χ2v) is 4.41. The predicted molar refractivity (Wildman–Crippen MR) is 69.4 cm³/mol. The number of phenolic OH excluding ortho intramolecular Hbond substituents is 1.